The first-order valence-corrected chi connectivity index (χ1v) is 12.8. The number of amides is 1. The molecule has 36 heavy (non-hydrogen) atoms. The van der Waals surface area contributed by atoms with E-state index >= 15 is 0 Å². The summed E-state index contributed by atoms with van der Waals surface area (Å²) in [5.74, 6) is 0.301. The van der Waals surface area contributed by atoms with Gasteiger partial charge in [0.25, 0.3) is 5.91 Å². The number of hydrogen-bond donors (Lipinski definition) is 1. The van der Waals surface area contributed by atoms with Crippen molar-refractivity contribution < 1.29 is 23.9 Å². The number of Topliss-reactive ketones (excluding diaryl/α,β-unsaturated/α-hetero) is 2. The van der Waals surface area contributed by atoms with Crippen LogP contribution in [0.25, 0.3) is 0 Å². The molecule has 2 aliphatic heterocycles. The third kappa shape index (κ3) is 5.67. The molecule has 8 nitrogen and oxygen atoms in total. The maximum atomic E-state index is 13.0. The zero-order valence-corrected chi connectivity index (χ0v) is 20.5. The maximum Gasteiger partial charge on any atom is 0.255 e. The number of ether oxygens (including phenoxy) is 2. The van der Waals surface area contributed by atoms with Crippen molar-refractivity contribution in [1.29, 1.82) is 0 Å². The maximum absolute atomic E-state index is 13.0. The number of rotatable bonds is 9. The van der Waals surface area contributed by atoms with Crippen molar-refractivity contribution in [2.45, 2.75) is 45.0 Å². The van der Waals surface area contributed by atoms with Gasteiger partial charge in [-0.1, -0.05) is 30.3 Å². The Morgan fingerprint density at radius 3 is 2.56 bits per heavy atom. The minimum Gasteiger partial charge on any atom is -0.489 e. The number of morpholine rings is 1. The third-order valence-corrected chi connectivity index (χ3v) is 7.22. The summed E-state index contributed by atoms with van der Waals surface area (Å²) in [7, 11) is 0. The third-order valence-electron chi connectivity index (χ3n) is 7.22. The molecule has 3 aliphatic rings. The van der Waals surface area contributed by atoms with Crippen LogP contribution in [-0.4, -0.2) is 72.7 Å². The Morgan fingerprint density at radius 1 is 1.00 bits per heavy atom. The number of carbonyl (C=O) groups is 3. The minimum absolute atomic E-state index is 0.0424. The fourth-order valence-corrected chi connectivity index (χ4v) is 5.11. The van der Waals surface area contributed by atoms with Crippen molar-refractivity contribution in [3.8, 4) is 5.75 Å². The first kappa shape index (κ1) is 24.6. The van der Waals surface area contributed by atoms with Crippen LogP contribution < -0.4 is 10.1 Å². The van der Waals surface area contributed by atoms with Crippen LogP contribution >= 0.6 is 0 Å². The Balaban J connectivity index is 1.13. The van der Waals surface area contributed by atoms with Crippen molar-refractivity contribution in [2.24, 2.45) is 0 Å². The SMILES string of the molecule is O=C1CCC(N2Cc3c(OCc4ccc(CNCCN5CCOCC5)cc4)cccc3C2=O)C(=O)C1. The van der Waals surface area contributed by atoms with Gasteiger partial charge in [0.15, 0.2) is 5.78 Å². The van der Waals surface area contributed by atoms with Gasteiger partial charge in [0, 0.05) is 50.3 Å². The molecule has 1 unspecified atom stereocenters. The van der Waals surface area contributed by atoms with Crippen LogP contribution in [0.15, 0.2) is 42.5 Å². The van der Waals surface area contributed by atoms with Crippen molar-refractivity contribution in [1.82, 2.24) is 15.1 Å². The smallest absolute Gasteiger partial charge is 0.255 e. The average molecular weight is 492 g/mol. The van der Waals surface area contributed by atoms with Gasteiger partial charge in [-0.2, -0.15) is 0 Å². The van der Waals surface area contributed by atoms with E-state index in [9.17, 15) is 14.4 Å². The molecule has 2 aromatic rings. The van der Waals surface area contributed by atoms with Gasteiger partial charge in [-0.25, -0.2) is 0 Å². The number of hydrogen-bond acceptors (Lipinski definition) is 7. The van der Waals surface area contributed by atoms with Crippen molar-refractivity contribution in [3.05, 3.63) is 64.7 Å². The summed E-state index contributed by atoms with van der Waals surface area (Å²) in [5.41, 5.74) is 3.66. The summed E-state index contributed by atoms with van der Waals surface area (Å²) in [6.07, 6.45) is 0.675. The van der Waals surface area contributed by atoms with Crippen LogP contribution in [0.3, 0.4) is 0 Å². The summed E-state index contributed by atoms with van der Waals surface area (Å²) in [4.78, 5) is 41.0. The average Bonchev–Trinajstić information content (AvgIpc) is 3.23. The fraction of sp³-hybridized carbons (Fsp3) is 0.464. The molecule has 0 bridgehead atoms. The van der Waals surface area contributed by atoms with Crippen LogP contribution in [0.4, 0.5) is 0 Å². The Hall–Kier alpha value is -3.07. The zero-order valence-electron chi connectivity index (χ0n) is 20.5. The van der Waals surface area contributed by atoms with Gasteiger partial charge in [-0.15, -0.1) is 0 Å². The highest BCUT2D eigenvalue weighted by molar-refractivity contribution is 6.07. The fourth-order valence-electron chi connectivity index (χ4n) is 5.11. The summed E-state index contributed by atoms with van der Waals surface area (Å²) < 4.78 is 11.5. The summed E-state index contributed by atoms with van der Waals surface area (Å²) in [6.45, 7) is 7.20. The first-order chi connectivity index (χ1) is 17.6. The lowest BCUT2D eigenvalue weighted by atomic mass is 9.92. The molecule has 2 heterocycles. The molecule has 1 saturated heterocycles. The molecule has 2 fully saturated rings. The molecule has 0 radical (unpaired) electrons. The second kappa shape index (κ2) is 11.3. The second-order valence-electron chi connectivity index (χ2n) is 9.69. The molecular weight excluding hydrogens is 458 g/mol. The first-order valence-electron chi connectivity index (χ1n) is 12.8. The Labute approximate surface area is 211 Å². The molecule has 1 saturated carbocycles. The van der Waals surface area contributed by atoms with E-state index in [2.05, 4.69) is 34.5 Å². The van der Waals surface area contributed by atoms with Gasteiger partial charge in [-0.3, -0.25) is 19.3 Å². The lowest BCUT2D eigenvalue weighted by molar-refractivity contribution is -0.133. The Kier molecular flexibility index (Phi) is 7.75. The van der Waals surface area contributed by atoms with E-state index in [4.69, 9.17) is 9.47 Å². The van der Waals surface area contributed by atoms with Gasteiger partial charge >= 0.3 is 0 Å². The lowest BCUT2D eigenvalue weighted by Crippen LogP contribution is -2.44. The monoisotopic (exact) mass is 491 g/mol. The van der Waals surface area contributed by atoms with Gasteiger partial charge in [0.1, 0.15) is 18.1 Å². The van der Waals surface area contributed by atoms with Crippen molar-refractivity contribution >= 4 is 17.5 Å². The van der Waals surface area contributed by atoms with Crippen molar-refractivity contribution in [3.63, 3.8) is 0 Å². The molecule has 5 rings (SSSR count). The van der Waals surface area contributed by atoms with Gasteiger partial charge < -0.3 is 19.7 Å². The van der Waals surface area contributed by atoms with Gasteiger partial charge in [0.05, 0.1) is 32.2 Å². The Morgan fingerprint density at radius 2 is 1.78 bits per heavy atom. The molecule has 2 aromatic carbocycles. The van der Waals surface area contributed by atoms with E-state index < -0.39 is 6.04 Å². The van der Waals surface area contributed by atoms with E-state index in [1.165, 1.54) is 5.56 Å². The molecule has 1 atom stereocenters. The summed E-state index contributed by atoms with van der Waals surface area (Å²) in [5, 5.41) is 3.50. The molecule has 1 aliphatic carbocycles. The molecule has 1 N–H and O–H groups in total. The number of nitrogens with zero attached hydrogens (tertiary/aromatic N) is 2. The lowest BCUT2D eigenvalue weighted by Gasteiger charge is -2.29. The molecule has 190 valence electrons. The molecular formula is C28H33N3O5. The van der Waals surface area contributed by atoms with E-state index in [1.54, 1.807) is 11.0 Å². The largest absolute Gasteiger partial charge is 0.489 e. The molecule has 8 heteroatoms. The highest BCUT2D eigenvalue weighted by Crippen LogP contribution is 2.34. The normalized spacial score (nSPS) is 20.6. The van der Waals surface area contributed by atoms with Crippen LogP contribution in [-0.2, 0) is 34.0 Å². The zero-order chi connectivity index (χ0) is 24.9. The number of nitrogens with one attached hydrogen (secondary N) is 1. The van der Waals surface area contributed by atoms with Crippen LogP contribution in [0, 0.1) is 0 Å². The topological polar surface area (TPSA) is 88.2 Å². The standard InChI is InChI=1S/C28H33N3O5/c32-22-8-9-25(26(33)16-22)31-18-24-23(28(31)34)2-1-3-27(24)36-19-21-6-4-20(5-7-21)17-29-10-11-30-12-14-35-15-13-30/h1-7,25,29H,8-19H2. The van der Waals surface area contributed by atoms with E-state index in [1.807, 2.05) is 12.1 Å². The van der Waals surface area contributed by atoms with Crippen LogP contribution in [0.2, 0.25) is 0 Å². The molecule has 0 spiro atoms. The van der Waals surface area contributed by atoms with Crippen LogP contribution in [0.1, 0.15) is 46.3 Å². The predicted molar refractivity (Wildman–Crippen MR) is 134 cm³/mol. The number of ketones is 2. The van der Waals surface area contributed by atoms with E-state index in [-0.39, 0.29) is 23.9 Å². The summed E-state index contributed by atoms with van der Waals surface area (Å²) in [6, 6.07) is 13.3. The van der Waals surface area contributed by atoms with E-state index in [0.29, 0.717) is 37.3 Å². The minimum atomic E-state index is -0.523. The van der Waals surface area contributed by atoms with Gasteiger partial charge in [-0.05, 0) is 29.7 Å². The highest BCUT2D eigenvalue weighted by Gasteiger charge is 2.39. The molecule has 0 aromatic heterocycles. The van der Waals surface area contributed by atoms with Crippen LogP contribution in [0.5, 0.6) is 5.75 Å². The van der Waals surface area contributed by atoms with Crippen molar-refractivity contribution in [2.75, 3.05) is 39.4 Å². The van der Waals surface area contributed by atoms with Gasteiger partial charge in [0.2, 0.25) is 0 Å². The quantitative estimate of drug-likeness (QED) is 0.426. The highest BCUT2D eigenvalue weighted by atomic mass is 16.5. The van der Waals surface area contributed by atoms with E-state index in [0.717, 1.165) is 57.1 Å². The summed E-state index contributed by atoms with van der Waals surface area (Å²) >= 11 is 0. The Bertz CT molecular complexity index is 1110. The number of benzene rings is 2. The number of fused-ring (bicyclic) bond motifs is 1. The molecule has 1 amide bonds. The second-order valence-corrected chi connectivity index (χ2v) is 9.69. The number of carbonyl (C=O) groups excluding carboxylic acids is 3. The predicted octanol–water partition coefficient (Wildman–Crippen LogP) is 2.33.